The first-order chi connectivity index (χ1) is 15.5. The summed E-state index contributed by atoms with van der Waals surface area (Å²) in [5.41, 5.74) is 2.45. The van der Waals surface area contributed by atoms with Gasteiger partial charge in [-0.3, -0.25) is 14.5 Å². The van der Waals surface area contributed by atoms with Crippen molar-refractivity contribution < 1.29 is 18.7 Å². The molecule has 2 aromatic rings. The maximum atomic E-state index is 13.4. The molecule has 2 aliphatic rings. The molecule has 7 heteroatoms. The Morgan fingerprint density at radius 3 is 2.84 bits per heavy atom. The summed E-state index contributed by atoms with van der Waals surface area (Å²) < 4.78 is 11.1. The molecule has 0 N–H and O–H groups in total. The number of likely N-dealkylation sites (tertiary alicyclic amines) is 2. The van der Waals surface area contributed by atoms with Crippen LogP contribution in [-0.4, -0.2) is 60.0 Å². The number of furan rings is 1. The van der Waals surface area contributed by atoms with Gasteiger partial charge in [0.1, 0.15) is 11.3 Å². The number of nitrogens with zero attached hydrogens (tertiary/aromatic N) is 3. The number of fused-ring (bicyclic) bond motifs is 1. The molecule has 2 saturated heterocycles. The third kappa shape index (κ3) is 4.51. The Balaban J connectivity index is 1.41. The minimum atomic E-state index is -0.259. The first kappa shape index (κ1) is 22.3. The maximum absolute atomic E-state index is 13.4. The molecular weight excluding hydrogens is 406 g/mol. The smallest absolute Gasteiger partial charge is 0.320 e. The molecule has 170 valence electrons. The molecule has 2 unspecified atom stereocenters. The van der Waals surface area contributed by atoms with Gasteiger partial charge < -0.3 is 14.1 Å². The zero-order valence-electron chi connectivity index (χ0n) is 18.9. The highest BCUT2D eigenvalue weighted by atomic mass is 16.5. The van der Waals surface area contributed by atoms with Crippen LogP contribution in [0.25, 0.3) is 11.0 Å². The van der Waals surface area contributed by atoms with E-state index in [9.17, 15) is 9.59 Å². The van der Waals surface area contributed by atoms with Gasteiger partial charge in [-0.25, -0.2) is 0 Å². The number of amides is 1. The van der Waals surface area contributed by atoms with Crippen molar-refractivity contribution in [3.8, 4) is 6.07 Å². The summed E-state index contributed by atoms with van der Waals surface area (Å²) in [6.07, 6.45) is 5.33. The van der Waals surface area contributed by atoms with Crippen molar-refractivity contribution in [3.05, 3.63) is 35.1 Å². The van der Waals surface area contributed by atoms with E-state index in [2.05, 4.69) is 13.0 Å². The predicted molar refractivity (Wildman–Crippen MR) is 120 cm³/mol. The van der Waals surface area contributed by atoms with Gasteiger partial charge in [-0.15, -0.1) is 0 Å². The fourth-order valence-electron chi connectivity index (χ4n) is 5.17. The second kappa shape index (κ2) is 9.74. The van der Waals surface area contributed by atoms with Crippen LogP contribution in [0.1, 0.15) is 55.9 Å². The van der Waals surface area contributed by atoms with E-state index in [0.29, 0.717) is 12.2 Å². The van der Waals surface area contributed by atoms with E-state index in [4.69, 9.17) is 14.4 Å². The molecule has 2 aliphatic heterocycles. The molecule has 1 aromatic carbocycles. The molecule has 0 aliphatic carbocycles. The van der Waals surface area contributed by atoms with Gasteiger partial charge in [-0.1, -0.05) is 0 Å². The van der Waals surface area contributed by atoms with Gasteiger partial charge in [0.25, 0.3) is 0 Å². The van der Waals surface area contributed by atoms with Gasteiger partial charge in [-0.2, -0.15) is 5.26 Å². The van der Waals surface area contributed by atoms with Crippen LogP contribution in [0.4, 0.5) is 0 Å². The largest absolute Gasteiger partial charge is 0.465 e. The lowest BCUT2D eigenvalue weighted by molar-refractivity contribution is -0.146. The van der Waals surface area contributed by atoms with Crippen LogP contribution in [0, 0.1) is 18.3 Å². The molecule has 2 atom stereocenters. The van der Waals surface area contributed by atoms with Crippen LogP contribution in [0.3, 0.4) is 0 Å². The van der Waals surface area contributed by atoms with Crippen molar-refractivity contribution in [2.45, 2.75) is 64.5 Å². The van der Waals surface area contributed by atoms with Crippen LogP contribution in [0.5, 0.6) is 0 Å². The normalized spacial score (nSPS) is 21.2. The van der Waals surface area contributed by atoms with E-state index < -0.39 is 0 Å². The molecule has 2 fully saturated rings. The topological polar surface area (TPSA) is 86.8 Å². The lowest BCUT2D eigenvalue weighted by Crippen LogP contribution is -2.48. The van der Waals surface area contributed by atoms with Crippen molar-refractivity contribution in [2.75, 3.05) is 26.2 Å². The number of benzene rings is 1. The monoisotopic (exact) mass is 437 g/mol. The lowest BCUT2D eigenvalue weighted by atomic mass is 10.0. The average Bonchev–Trinajstić information content (AvgIpc) is 3.51. The fraction of sp³-hybridized carbons (Fsp3) is 0.560. The van der Waals surface area contributed by atoms with Crippen LogP contribution >= 0.6 is 0 Å². The van der Waals surface area contributed by atoms with Crippen molar-refractivity contribution in [1.29, 1.82) is 5.26 Å². The Morgan fingerprint density at radius 2 is 2.06 bits per heavy atom. The second-order valence-corrected chi connectivity index (χ2v) is 8.77. The number of nitriles is 1. The first-order valence-electron chi connectivity index (χ1n) is 11.6. The Morgan fingerprint density at radius 1 is 1.25 bits per heavy atom. The summed E-state index contributed by atoms with van der Waals surface area (Å²) >= 11 is 0. The van der Waals surface area contributed by atoms with Gasteiger partial charge in [-0.05, 0) is 76.3 Å². The molecule has 1 aromatic heterocycles. The SMILES string of the molecule is CCOC(=O)CN1CCCC1C(=O)N1CCCC1CCc1oc2cc(C#N)ccc2c1C. The highest BCUT2D eigenvalue weighted by molar-refractivity contribution is 5.84. The van der Waals surface area contributed by atoms with Gasteiger partial charge in [0.15, 0.2) is 0 Å². The Kier molecular flexibility index (Phi) is 6.80. The molecule has 0 bridgehead atoms. The zero-order valence-corrected chi connectivity index (χ0v) is 18.9. The van der Waals surface area contributed by atoms with Crippen molar-refractivity contribution in [1.82, 2.24) is 9.80 Å². The summed E-state index contributed by atoms with van der Waals surface area (Å²) in [4.78, 5) is 29.3. The summed E-state index contributed by atoms with van der Waals surface area (Å²) in [7, 11) is 0. The molecule has 3 heterocycles. The molecule has 0 spiro atoms. The minimum absolute atomic E-state index is 0.147. The molecule has 4 rings (SSSR count). The fourth-order valence-corrected chi connectivity index (χ4v) is 5.17. The van der Waals surface area contributed by atoms with Gasteiger partial charge in [0, 0.05) is 24.4 Å². The number of ether oxygens (including phenoxy) is 1. The highest BCUT2D eigenvalue weighted by Gasteiger charge is 2.38. The summed E-state index contributed by atoms with van der Waals surface area (Å²) in [6, 6.07) is 7.67. The standard InChI is InChI=1S/C25H31N3O4/c1-3-31-24(29)16-27-12-5-7-21(27)25(30)28-13-4-6-19(28)9-11-22-17(2)20-10-8-18(15-26)14-23(20)32-22/h8,10,14,19,21H,3-7,9,11-13,16H2,1-2H3. The van der Waals surface area contributed by atoms with Crippen molar-refractivity contribution in [3.63, 3.8) is 0 Å². The van der Waals surface area contributed by atoms with Crippen LogP contribution < -0.4 is 0 Å². The molecule has 7 nitrogen and oxygen atoms in total. The quantitative estimate of drug-likeness (QED) is 0.616. The number of hydrogen-bond donors (Lipinski definition) is 0. The maximum Gasteiger partial charge on any atom is 0.320 e. The van der Waals surface area contributed by atoms with E-state index in [1.807, 2.05) is 21.9 Å². The van der Waals surface area contributed by atoms with Crippen LogP contribution in [0.2, 0.25) is 0 Å². The predicted octanol–water partition coefficient (Wildman–Crippen LogP) is 3.56. The summed E-state index contributed by atoms with van der Waals surface area (Å²) in [6.45, 7) is 5.93. The molecule has 32 heavy (non-hydrogen) atoms. The number of carbonyl (C=O) groups excluding carboxylic acids is 2. The third-order valence-electron chi connectivity index (χ3n) is 6.82. The van der Waals surface area contributed by atoms with Gasteiger partial charge in [0.2, 0.25) is 5.91 Å². The highest BCUT2D eigenvalue weighted by Crippen LogP contribution is 2.30. The second-order valence-electron chi connectivity index (χ2n) is 8.77. The average molecular weight is 438 g/mol. The van der Waals surface area contributed by atoms with Crippen molar-refractivity contribution >= 4 is 22.8 Å². The first-order valence-corrected chi connectivity index (χ1v) is 11.6. The number of esters is 1. The van der Waals surface area contributed by atoms with Gasteiger partial charge >= 0.3 is 5.97 Å². The van der Waals surface area contributed by atoms with E-state index in [1.54, 1.807) is 13.0 Å². The Bertz CT molecular complexity index is 1040. The van der Waals surface area contributed by atoms with E-state index in [0.717, 1.165) is 73.9 Å². The van der Waals surface area contributed by atoms with Crippen LogP contribution in [-0.2, 0) is 20.7 Å². The number of carbonyl (C=O) groups is 2. The Labute approximate surface area is 188 Å². The number of rotatable bonds is 7. The lowest BCUT2D eigenvalue weighted by Gasteiger charge is -2.31. The van der Waals surface area contributed by atoms with E-state index in [1.165, 1.54) is 0 Å². The number of aryl methyl sites for hydroxylation is 2. The van der Waals surface area contributed by atoms with Crippen LogP contribution in [0.15, 0.2) is 22.6 Å². The Hall–Kier alpha value is -2.85. The molecule has 0 saturated carbocycles. The minimum Gasteiger partial charge on any atom is -0.465 e. The van der Waals surface area contributed by atoms with Gasteiger partial charge in [0.05, 0.1) is 30.8 Å². The summed E-state index contributed by atoms with van der Waals surface area (Å²) in [5, 5.41) is 10.2. The van der Waals surface area contributed by atoms with E-state index in [-0.39, 0.29) is 30.5 Å². The van der Waals surface area contributed by atoms with E-state index >= 15 is 0 Å². The number of hydrogen-bond acceptors (Lipinski definition) is 6. The van der Waals surface area contributed by atoms with Crippen molar-refractivity contribution in [2.24, 2.45) is 0 Å². The molecule has 0 radical (unpaired) electrons. The molecular formula is C25H31N3O4. The molecule has 1 amide bonds. The third-order valence-corrected chi connectivity index (χ3v) is 6.82. The summed E-state index contributed by atoms with van der Waals surface area (Å²) in [5.74, 6) is 0.818. The zero-order chi connectivity index (χ0) is 22.7.